The molecule has 110 valence electrons. The molecule has 5 aliphatic carbocycles. The second kappa shape index (κ2) is 4.12. The Morgan fingerprint density at radius 1 is 1.04 bits per heavy atom. The van der Waals surface area contributed by atoms with Gasteiger partial charge < -0.3 is 5.53 Å². The fraction of sp³-hybridized carbons (Fsp3) is 0.211. The topological polar surface area (TPSA) is 70.5 Å². The molecule has 5 rings (SSSR count). The fourth-order valence-electron chi connectivity index (χ4n) is 4.56. The van der Waals surface area contributed by atoms with Gasteiger partial charge in [0.2, 0.25) is 0 Å². The Kier molecular flexibility index (Phi) is 2.27. The van der Waals surface area contributed by atoms with Crippen LogP contribution in [0.25, 0.3) is 5.53 Å². The van der Waals surface area contributed by atoms with Crippen molar-refractivity contribution in [2.75, 3.05) is 0 Å². The lowest BCUT2D eigenvalue weighted by atomic mass is 9.75. The van der Waals surface area contributed by atoms with Gasteiger partial charge in [0.1, 0.15) is 5.92 Å². The number of Topliss-reactive ketones (excluding diaryl/α,β-unsaturated/α-hetero) is 2. The molecule has 0 radical (unpaired) electrons. The van der Waals surface area contributed by atoms with Crippen LogP contribution >= 0.6 is 0 Å². The third kappa shape index (κ3) is 1.37. The molecule has 4 nitrogen and oxygen atoms in total. The Labute approximate surface area is 132 Å². The minimum absolute atomic E-state index is 0.0267. The van der Waals surface area contributed by atoms with Crippen LogP contribution < -0.4 is 0 Å². The number of carbonyl (C=O) groups excluding carboxylic acids is 2. The minimum Gasteiger partial charge on any atom is -0.361 e. The number of carbonyl (C=O) groups is 2. The average Bonchev–Trinajstić information content (AvgIpc) is 3.21. The van der Waals surface area contributed by atoms with Gasteiger partial charge in [-0.25, -0.2) is 0 Å². The summed E-state index contributed by atoms with van der Waals surface area (Å²) in [5.41, 5.74) is 15.1. The average molecular weight is 300 g/mol. The SMILES string of the molecule is [N-]=[N+]=C1C2=CC=CCC2C2=C3C(=O)CC(=O)C3=C3C=CC=C3C12. The predicted octanol–water partition coefficient (Wildman–Crippen LogP) is 2.43. The van der Waals surface area contributed by atoms with Crippen LogP contribution in [0.1, 0.15) is 12.8 Å². The maximum atomic E-state index is 12.5. The fourth-order valence-corrected chi connectivity index (χ4v) is 4.56. The van der Waals surface area contributed by atoms with Crippen molar-refractivity contribution in [1.82, 2.24) is 0 Å². The molecule has 5 aliphatic rings. The molecule has 0 amide bonds. The number of nitrogens with zero attached hydrogens (tertiary/aromatic N) is 2. The van der Waals surface area contributed by atoms with Gasteiger partial charge in [-0.05, 0) is 23.1 Å². The number of ketones is 2. The molecule has 2 atom stereocenters. The van der Waals surface area contributed by atoms with Crippen molar-refractivity contribution < 1.29 is 14.4 Å². The van der Waals surface area contributed by atoms with Crippen molar-refractivity contribution in [3.8, 4) is 0 Å². The molecule has 23 heavy (non-hydrogen) atoms. The van der Waals surface area contributed by atoms with E-state index in [2.05, 4.69) is 10.9 Å². The second-order valence-corrected chi connectivity index (χ2v) is 6.38. The third-order valence-corrected chi connectivity index (χ3v) is 5.37. The zero-order valence-corrected chi connectivity index (χ0v) is 12.2. The van der Waals surface area contributed by atoms with Crippen LogP contribution in [-0.2, 0) is 9.59 Å². The summed E-state index contributed by atoms with van der Waals surface area (Å²) < 4.78 is 0. The maximum Gasteiger partial charge on any atom is 0.307 e. The van der Waals surface area contributed by atoms with E-state index in [4.69, 9.17) is 0 Å². The molecule has 2 unspecified atom stereocenters. The number of rotatable bonds is 0. The number of hydrogen-bond donors (Lipinski definition) is 0. The first-order valence-corrected chi connectivity index (χ1v) is 7.75. The van der Waals surface area contributed by atoms with Crippen molar-refractivity contribution in [2.45, 2.75) is 12.8 Å². The van der Waals surface area contributed by atoms with E-state index in [0.717, 1.165) is 28.7 Å². The molecule has 4 heteroatoms. The van der Waals surface area contributed by atoms with Gasteiger partial charge >= 0.3 is 5.71 Å². The summed E-state index contributed by atoms with van der Waals surface area (Å²) in [5.74, 6) is -0.367. The summed E-state index contributed by atoms with van der Waals surface area (Å²) >= 11 is 0. The molecule has 0 aromatic rings. The van der Waals surface area contributed by atoms with Crippen LogP contribution in [0.5, 0.6) is 0 Å². The molecule has 0 bridgehead atoms. The van der Waals surface area contributed by atoms with Gasteiger partial charge in [0, 0.05) is 22.6 Å². The van der Waals surface area contributed by atoms with Gasteiger partial charge in [0.05, 0.1) is 6.42 Å². The molecule has 0 aromatic heterocycles. The largest absolute Gasteiger partial charge is 0.361 e. The van der Waals surface area contributed by atoms with E-state index >= 15 is 0 Å². The number of allylic oxidation sites excluding steroid dienone is 12. The highest BCUT2D eigenvalue weighted by Crippen LogP contribution is 2.55. The van der Waals surface area contributed by atoms with Crippen molar-refractivity contribution in [3.05, 3.63) is 75.4 Å². The van der Waals surface area contributed by atoms with E-state index in [9.17, 15) is 15.1 Å². The molecule has 0 aromatic carbocycles. The molecular weight excluding hydrogens is 288 g/mol. The van der Waals surface area contributed by atoms with E-state index in [0.29, 0.717) is 16.9 Å². The van der Waals surface area contributed by atoms with Crippen molar-refractivity contribution in [1.29, 1.82) is 0 Å². The minimum atomic E-state index is -0.213. The standard InChI is InChI=1S/C19H12N2O2/c20-21-19-12-5-2-1-4-11(12)16-17(19)10-7-3-6-9(10)15-13(22)8-14(23)18(15)16/h1-3,5-7,11,17H,4,8H2. The highest BCUT2D eigenvalue weighted by Gasteiger charge is 2.55. The van der Waals surface area contributed by atoms with Gasteiger partial charge in [0.15, 0.2) is 11.6 Å². The van der Waals surface area contributed by atoms with Gasteiger partial charge in [-0.2, -0.15) is 4.79 Å². The lowest BCUT2D eigenvalue weighted by Crippen LogP contribution is -2.21. The molecular formula is C19H12N2O2. The van der Waals surface area contributed by atoms with Crippen LogP contribution in [0.4, 0.5) is 0 Å². The highest BCUT2D eigenvalue weighted by molar-refractivity contribution is 6.30. The van der Waals surface area contributed by atoms with E-state index in [1.165, 1.54) is 0 Å². The molecule has 2 fully saturated rings. The summed E-state index contributed by atoms with van der Waals surface area (Å²) in [6.07, 6.45) is 12.5. The summed E-state index contributed by atoms with van der Waals surface area (Å²) in [6, 6.07) is 0. The Bertz CT molecular complexity index is 959. The zero-order valence-electron chi connectivity index (χ0n) is 12.2. The van der Waals surface area contributed by atoms with Gasteiger partial charge in [-0.1, -0.05) is 36.5 Å². The maximum absolute atomic E-state index is 12.5. The first kappa shape index (κ1) is 12.7. The Morgan fingerprint density at radius 2 is 1.83 bits per heavy atom. The lowest BCUT2D eigenvalue weighted by molar-refractivity contribution is -0.120. The quantitative estimate of drug-likeness (QED) is 0.391. The Hall–Kier alpha value is -2.84. The second-order valence-electron chi connectivity index (χ2n) is 6.38. The lowest BCUT2D eigenvalue weighted by Gasteiger charge is -2.24. The molecule has 0 saturated heterocycles. The molecule has 2 saturated carbocycles. The summed E-state index contributed by atoms with van der Waals surface area (Å²) in [5, 5.41) is 0. The van der Waals surface area contributed by atoms with E-state index in [1.54, 1.807) is 0 Å². The van der Waals surface area contributed by atoms with Gasteiger partial charge in [-0.15, -0.1) is 0 Å². The smallest absolute Gasteiger partial charge is 0.307 e. The van der Waals surface area contributed by atoms with Crippen LogP contribution in [0, 0.1) is 11.8 Å². The summed E-state index contributed by atoms with van der Waals surface area (Å²) in [7, 11) is 0. The third-order valence-electron chi connectivity index (χ3n) is 5.37. The van der Waals surface area contributed by atoms with Crippen LogP contribution in [-0.4, -0.2) is 22.1 Å². The molecule has 0 aliphatic heterocycles. The van der Waals surface area contributed by atoms with E-state index in [1.807, 2.05) is 30.4 Å². The molecule has 0 spiro atoms. The van der Waals surface area contributed by atoms with Gasteiger partial charge in [-0.3, -0.25) is 9.59 Å². The van der Waals surface area contributed by atoms with Crippen LogP contribution in [0.3, 0.4) is 0 Å². The predicted molar refractivity (Wildman–Crippen MR) is 83.4 cm³/mol. The first-order valence-electron chi connectivity index (χ1n) is 7.75. The highest BCUT2D eigenvalue weighted by atomic mass is 16.2. The van der Waals surface area contributed by atoms with Crippen LogP contribution in [0.2, 0.25) is 0 Å². The zero-order chi connectivity index (χ0) is 15.7. The summed E-state index contributed by atoms with van der Waals surface area (Å²) in [6.45, 7) is 0. The number of hydrogen-bond acceptors (Lipinski definition) is 2. The Balaban J connectivity index is 1.90. The van der Waals surface area contributed by atoms with Crippen molar-refractivity contribution in [3.63, 3.8) is 0 Å². The van der Waals surface area contributed by atoms with Gasteiger partial charge in [0.25, 0.3) is 0 Å². The number of fused-ring (bicyclic) bond motifs is 6. The van der Waals surface area contributed by atoms with Crippen molar-refractivity contribution in [2.24, 2.45) is 11.8 Å². The van der Waals surface area contributed by atoms with Crippen LogP contribution in [0.15, 0.2) is 69.9 Å². The molecule has 0 heterocycles. The first-order chi connectivity index (χ1) is 11.2. The van der Waals surface area contributed by atoms with E-state index < -0.39 is 0 Å². The van der Waals surface area contributed by atoms with Crippen molar-refractivity contribution >= 4 is 17.3 Å². The summed E-state index contributed by atoms with van der Waals surface area (Å²) in [4.78, 5) is 28.5. The monoisotopic (exact) mass is 300 g/mol. The Morgan fingerprint density at radius 3 is 2.65 bits per heavy atom. The molecule has 0 N–H and O–H groups in total. The van der Waals surface area contributed by atoms with E-state index in [-0.39, 0.29) is 29.8 Å². The normalized spacial score (nSPS) is 30.2.